The number of nitrogens with zero attached hydrogens (tertiary/aromatic N) is 3. The highest BCUT2D eigenvalue weighted by molar-refractivity contribution is 5.91. The largest absolute Gasteiger partial charge is 0.251 e. The van der Waals surface area contributed by atoms with E-state index in [2.05, 4.69) is 6.92 Å². The molecule has 3 heterocycles. The maximum Gasteiger partial charge on any atom is 0.123 e. The van der Waals surface area contributed by atoms with E-state index in [1.807, 2.05) is 47.1 Å². The molecule has 3 nitrogen and oxygen atoms in total. The number of benzene rings is 1. The SMILES string of the molecule is CCc1cccc(-c2nn3ccccc3c2-c2ccc(F)cc2)n1. The summed E-state index contributed by atoms with van der Waals surface area (Å²) in [5.74, 6) is -0.247. The van der Waals surface area contributed by atoms with Gasteiger partial charge < -0.3 is 0 Å². The Balaban J connectivity index is 2.01. The highest BCUT2D eigenvalue weighted by Crippen LogP contribution is 2.34. The highest BCUT2D eigenvalue weighted by Gasteiger charge is 2.17. The van der Waals surface area contributed by atoms with Crippen molar-refractivity contribution in [2.45, 2.75) is 13.3 Å². The molecular weight excluding hydrogens is 301 g/mol. The quantitative estimate of drug-likeness (QED) is 0.545. The molecule has 0 amide bonds. The summed E-state index contributed by atoms with van der Waals surface area (Å²) in [6.07, 6.45) is 2.78. The van der Waals surface area contributed by atoms with Crippen molar-refractivity contribution < 1.29 is 4.39 Å². The zero-order valence-electron chi connectivity index (χ0n) is 13.3. The van der Waals surface area contributed by atoms with Gasteiger partial charge in [-0.05, 0) is 48.4 Å². The van der Waals surface area contributed by atoms with Crippen LogP contribution in [0.2, 0.25) is 0 Å². The van der Waals surface area contributed by atoms with E-state index >= 15 is 0 Å². The molecule has 0 N–H and O–H groups in total. The summed E-state index contributed by atoms with van der Waals surface area (Å²) in [5, 5.41) is 4.72. The Morgan fingerprint density at radius 1 is 0.958 bits per heavy atom. The molecule has 118 valence electrons. The first-order chi connectivity index (χ1) is 11.8. The van der Waals surface area contributed by atoms with Crippen molar-refractivity contribution in [2.75, 3.05) is 0 Å². The van der Waals surface area contributed by atoms with Crippen LogP contribution in [0.5, 0.6) is 0 Å². The maximum absolute atomic E-state index is 13.3. The van der Waals surface area contributed by atoms with E-state index in [-0.39, 0.29) is 5.82 Å². The van der Waals surface area contributed by atoms with Gasteiger partial charge in [0.05, 0.1) is 11.2 Å². The molecule has 24 heavy (non-hydrogen) atoms. The highest BCUT2D eigenvalue weighted by atomic mass is 19.1. The standard InChI is InChI=1S/C20H16FN3/c1-2-16-6-5-7-17(22-16)20-19(14-9-11-15(21)12-10-14)18-8-3-4-13-24(18)23-20/h3-13H,2H2,1H3. The Labute approximate surface area is 139 Å². The third-order valence-corrected chi connectivity index (χ3v) is 4.08. The topological polar surface area (TPSA) is 30.2 Å². The third kappa shape index (κ3) is 2.46. The molecule has 0 spiro atoms. The van der Waals surface area contributed by atoms with Gasteiger partial charge in [-0.15, -0.1) is 0 Å². The van der Waals surface area contributed by atoms with Gasteiger partial charge in [0.15, 0.2) is 0 Å². The molecule has 4 aromatic rings. The molecule has 0 fully saturated rings. The van der Waals surface area contributed by atoms with Crippen molar-refractivity contribution in [3.63, 3.8) is 0 Å². The molecule has 1 aromatic carbocycles. The molecule has 0 saturated heterocycles. The molecule has 0 saturated carbocycles. The first-order valence-corrected chi connectivity index (χ1v) is 7.96. The molecule has 0 bridgehead atoms. The average Bonchev–Trinajstić information content (AvgIpc) is 3.02. The first-order valence-electron chi connectivity index (χ1n) is 7.96. The Bertz CT molecular complexity index is 1000. The van der Waals surface area contributed by atoms with Gasteiger partial charge >= 0.3 is 0 Å². The number of aryl methyl sites for hydroxylation is 1. The Hall–Kier alpha value is -3.01. The van der Waals surface area contributed by atoms with Crippen LogP contribution in [0.3, 0.4) is 0 Å². The number of aromatic nitrogens is 3. The van der Waals surface area contributed by atoms with Crippen molar-refractivity contribution in [3.05, 3.63) is 78.4 Å². The van der Waals surface area contributed by atoms with E-state index in [1.165, 1.54) is 12.1 Å². The summed E-state index contributed by atoms with van der Waals surface area (Å²) >= 11 is 0. The van der Waals surface area contributed by atoms with Crippen LogP contribution < -0.4 is 0 Å². The summed E-state index contributed by atoms with van der Waals surface area (Å²) < 4.78 is 15.2. The lowest BCUT2D eigenvalue weighted by molar-refractivity contribution is 0.628. The summed E-state index contributed by atoms with van der Waals surface area (Å²) in [6, 6.07) is 18.4. The second-order valence-corrected chi connectivity index (χ2v) is 5.63. The summed E-state index contributed by atoms with van der Waals surface area (Å²) in [4.78, 5) is 4.71. The van der Waals surface area contributed by atoms with Crippen LogP contribution in [0.25, 0.3) is 28.0 Å². The van der Waals surface area contributed by atoms with Gasteiger partial charge in [-0.1, -0.05) is 31.2 Å². The third-order valence-electron chi connectivity index (χ3n) is 4.08. The number of pyridine rings is 2. The Morgan fingerprint density at radius 2 is 1.79 bits per heavy atom. The van der Waals surface area contributed by atoms with Gasteiger partial charge in [0.1, 0.15) is 11.5 Å². The monoisotopic (exact) mass is 317 g/mol. The van der Waals surface area contributed by atoms with Gasteiger partial charge in [0, 0.05) is 17.5 Å². The van der Waals surface area contributed by atoms with Crippen LogP contribution in [0.4, 0.5) is 4.39 Å². The zero-order chi connectivity index (χ0) is 16.5. The molecular formula is C20H16FN3. The normalized spacial score (nSPS) is 11.1. The van der Waals surface area contributed by atoms with Gasteiger partial charge in [0.2, 0.25) is 0 Å². The number of hydrogen-bond acceptors (Lipinski definition) is 2. The summed E-state index contributed by atoms with van der Waals surface area (Å²) in [5.41, 5.74) is 5.53. The van der Waals surface area contributed by atoms with Crippen LogP contribution in [-0.2, 0) is 6.42 Å². The Morgan fingerprint density at radius 3 is 2.58 bits per heavy atom. The minimum absolute atomic E-state index is 0.247. The van der Waals surface area contributed by atoms with Gasteiger partial charge in [0.25, 0.3) is 0 Å². The predicted molar refractivity (Wildman–Crippen MR) is 93.2 cm³/mol. The average molecular weight is 317 g/mol. The lowest BCUT2D eigenvalue weighted by Crippen LogP contribution is -1.92. The first kappa shape index (κ1) is 14.6. The fourth-order valence-corrected chi connectivity index (χ4v) is 2.89. The van der Waals surface area contributed by atoms with Gasteiger partial charge in [-0.2, -0.15) is 5.10 Å². The van der Waals surface area contributed by atoms with Crippen LogP contribution in [-0.4, -0.2) is 14.6 Å². The van der Waals surface area contributed by atoms with E-state index in [4.69, 9.17) is 10.1 Å². The lowest BCUT2D eigenvalue weighted by atomic mass is 10.0. The minimum atomic E-state index is -0.247. The number of hydrogen-bond donors (Lipinski definition) is 0. The Kier molecular flexibility index (Phi) is 3.58. The van der Waals surface area contributed by atoms with E-state index in [0.717, 1.165) is 40.1 Å². The number of rotatable bonds is 3. The van der Waals surface area contributed by atoms with E-state index < -0.39 is 0 Å². The molecule has 0 aliphatic heterocycles. The van der Waals surface area contributed by atoms with E-state index in [1.54, 1.807) is 12.1 Å². The molecule has 0 unspecified atom stereocenters. The fraction of sp³-hybridized carbons (Fsp3) is 0.100. The van der Waals surface area contributed by atoms with Crippen molar-refractivity contribution >= 4 is 5.52 Å². The molecule has 0 radical (unpaired) electrons. The lowest BCUT2D eigenvalue weighted by Gasteiger charge is -2.05. The van der Waals surface area contributed by atoms with Crippen LogP contribution in [0, 0.1) is 5.82 Å². The van der Waals surface area contributed by atoms with E-state index in [0.29, 0.717) is 0 Å². The maximum atomic E-state index is 13.3. The molecule has 3 aromatic heterocycles. The van der Waals surface area contributed by atoms with Crippen LogP contribution >= 0.6 is 0 Å². The molecule has 0 aliphatic carbocycles. The molecule has 4 rings (SSSR count). The predicted octanol–water partition coefficient (Wildman–Crippen LogP) is 4.76. The number of halogens is 1. The number of fused-ring (bicyclic) bond motifs is 1. The molecule has 0 aliphatic rings. The van der Waals surface area contributed by atoms with Crippen LogP contribution in [0.15, 0.2) is 66.9 Å². The van der Waals surface area contributed by atoms with Crippen molar-refractivity contribution in [3.8, 4) is 22.5 Å². The van der Waals surface area contributed by atoms with Crippen molar-refractivity contribution in [1.29, 1.82) is 0 Å². The zero-order valence-corrected chi connectivity index (χ0v) is 13.3. The summed E-state index contributed by atoms with van der Waals surface area (Å²) in [7, 11) is 0. The second kappa shape index (κ2) is 5.89. The van der Waals surface area contributed by atoms with Crippen LogP contribution in [0.1, 0.15) is 12.6 Å². The van der Waals surface area contributed by atoms with Gasteiger partial charge in [-0.25, -0.2) is 8.91 Å². The van der Waals surface area contributed by atoms with Gasteiger partial charge in [-0.3, -0.25) is 4.98 Å². The minimum Gasteiger partial charge on any atom is -0.251 e. The summed E-state index contributed by atoms with van der Waals surface area (Å²) in [6.45, 7) is 2.08. The molecule has 0 atom stereocenters. The second-order valence-electron chi connectivity index (χ2n) is 5.63. The van der Waals surface area contributed by atoms with Crippen molar-refractivity contribution in [2.24, 2.45) is 0 Å². The van der Waals surface area contributed by atoms with Crippen molar-refractivity contribution in [1.82, 2.24) is 14.6 Å². The fourth-order valence-electron chi connectivity index (χ4n) is 2.89. The smallest absolute Gasteiger partial charge is 0.123 e. The molecule has 4 heteroatoms. The van der Waals surface area contributed by atoms with E-state index in [9.17, 15) is 4.39 Å².